The first-order chi connectivity index (χ1) is 8.65. The number of hydrogen-bond acceptors (Lipinski definition) is 3. The van der Waals surface area contributed by atoms with Crippen LogP contribution in [0.3, 0.4) is 0 Å². The molecule has 0 fully saturated rings. The standard InChI is InChI=1S/C14H11BrO3/c1-18-14(17)13(16)11-7-4-8-12(15)10-6-3-2-5-9(10)11/h2-3,5-8H,4H2,1H3. The molecule has 0 N–H and O–H groups in total. The van der Waals surface area contributed by atoms with E-state index in [9.17, 15) is 9.59 Å². The second kappa shape index (κ2) is 5.31. The van der Waals surface area contributed by atoms with Gasteiger partial charge in [0.15, 0.2) is 0 Å². The van der Waals surface area contributed by atoms with Crippen molar-refractivity contribution in [1.29, 1.82) is 0 Å². The Bertz CT molecular complexity index is 570. The molecular weight excluding hydrogens is 296 g/mol. The van der Waals surface area contributed by atoms with Crippen molar-refractivity contribution in [2.45, 2.75) is 6.42 Å². The second-order valence-corrected chi connectivity index (χ2v) is 4.63. The van der Waals surface area contributed by atoms with Gasteiger partial charge in [-0.1, -0.05) is 52.3 Å². The van der Waals surface area contributed by atoms with Gasteiger partial charge in [-0.05, 0) is 17.5 Å². The topological polar surface area (TPSA) is 43.4 Å². The first-order valence-electron chi connectivity index (χ1n) is 5.43. The monoisotopic (exact) mass is 306 g/mol. The van der Waals surface area contributed by atoms with E-state index in [0.29, 0.717) is 12.0 Å². The lowest BCUT2D eigenvalue weighted by molar-refractivity contribution is -0.149. The summed E-state index contributed by atoms with van der Waals surface area (Å²) >= 11 is 3.47. The fourth-order valence-corrected chi connectivity index (χ4v) is 2.38. The van der Waals surface area contributed by atoms with Crippen LogP contribution in [-0.4, -0.2) is 18.9 Å². The Morgan fingerprint density at radius 3 is 2.50 bits per heavy atom. The summed E-state index contributed by atoms with van der Waals surface area (Å²) in [7, 11) is 1.21. The minimum Gasteiger partial charge on any atom is -0.463 e. The smallest absolute Gasteiger partial charge is 0.379 e. The number of carbonyl (C=O) groups excluding carboxylic acids is 2. The number of hydrogen-bond donors (Lipinski definition) is 0. The van der Waals surface area contributed by atoms with Crippen LogP contribution in [0.1, 0.15) is 17.5 Å². The number of benzene rings is 1. The van der Waals surface area contributed by atoms with E-state index >= 15 is 0 Å². The molecule has 0 bridgehead atoms. The van der Waals surface area contributed by atoms with Crippen molar-refractivity contribution in [1.82, 2.24) is 0 Å². The molecule has 0 spiro atoms. The van der Waals surface area contributed by atoms with E-state index in [4.69, 9.17) is 0 Å². The molecule has 1 aromatic carbocycles. The molecule has 0 radical (unpaired) electrons. The highest BCUT2D eigenvalue weighted by Crippen LogP contribution is 2.33. The van der Waals surface area contributed by atoms with E-state index < -0.39 is 11.8 Å². The highest BCUT2D eigenvalue weighted by molar-refractivity contribution is 9.15. The van der Waals surface area contributed by atoms with Crippen LogP contribution in [0.5, 0.6) is 0 Å². The largest absolute Gasteiger partial charge is 0.463 e. The summed E-state index contributed by atoms with van der Waals surface area (Å²) in [5.74, 6) is -1.45. The van der Waals surface area contributed by atoms with Crippen molar-refractivity contribution < 1.29 is 14.3 Å². The number of halogens is 1. The predicted octanol–water partition coefficient (Wildman–Crippen LogP) is 2.95. The summed E-state index contributed by atoms with van der Waals surface area (Å²) < 4.78 is 5.41. The zero-order valence-electron chi connectivity index (χ0n) is 9.77. The van der Waals surface area contributed by atoms with Crippen LogP contribution in [0.15, 0.2) is 36.4 Å². The minimum atomic E-state index is -0.839. The molecule has 4 heteroatoms. The first kappa shape index (κ1) is 12.8. The average molecular weight is 307 g/mol. The van der Waals surface area contributed by atoms with Gasteiger partial charge in [0.25, 0.3) is 5.78 Å². The van der Waals surface area contributed by atoms with Crippen molar-refractivity contribution in [2.24, 2.45) is 0 Å². The summed E-state index contributed by atoms with van der Waals surface area (Å²) in [5.41, 5.74) is 2.04. The lowest BCUT2D eigenvalue weighted by atomic mass is 9.97. The number of Topliss-reactive ketones (excluding diaryl/α,β-unsaturated/α-hetero) is 1. The van der Waals surface area contributed by atoms with E-state index in [2.05, 4.69) is 20.7 Å². The number of allylic oxidation sites excluding steroid dienone is 2. The molecule has 0 saturated carbocycles. The normalized spacial score (nSPS) is 13.9. The molecule has 1 aliphatic rings. The Morgan fingerprint density at radius 1 is 1.17 bits per heavy atom. The Morgan fingerprint density at radius 2 is 1.83 bits per heavy atom. The van der Waals surface area contributed by atoms with Gasteiger partial charge in [-0.3, -0.25) is 4.79 Å². The van der Waals surface area contributed by atoms with Gasteiger partial charge in [0.2, 0.25) is 0 Å². The van der Waals surface area contributed by atoms with Gasteiger partial charge in [0.1, 0.15) is 0 Å². The SMILES string of the molecule is COC(=O)C(=O)C1=CCC=C(Br)c2ccccc21. The zero-order chi connectivity index (χ0) is 13.1. The molecule has 0 heterocycles. The van der Waals surface area contributed by atoms with Gasteiger partial charge >= 0.3 is 5.97 Å². The lowest BCUT2D eigenvalue weighted by Crippen LogP contribution is -2.17. The van der Waals surface area contributed by atoms with E-state index in [1.165, 1.54) is 7.11 Å². The van der Waals surface area contributed by atoms with Gasteiger partial charge in [0, 0.05) is 10.1 Å². The van der Waals surface area contributed by atoms with Crippen molar-refractivity contribution in [3.05, 3.63) is 47.5 Å². The number of esters is 1. The number of rotatable bonds is 2. The van der Waals surface area contributed by atoms with Crippen molar-refractivity contribution in [3.8, 4) is 0 Å². The molecule has 0 amide bonds. The molecule has 0 aliphatic heterocycles. The van der Waals surface area contributed by atoms with Crippen LogP contribution in [-0.2, 0) is 14.3 Å². The quantitative estimate of drug-likeness (QED) is 0.623. The second-order valence-electron chi connectivity index (χ2n) is 3.77. The van der Waals surface area contributed by atoms with Crippen LogP contribution >= 0.6 is 15.9 Å². The van der Waals surface area contributed by atoms with Crippen LogP contribution in [0.2, 0.25) is 0 Å². The molecule has 2 rings (SSSR count). The van der Waals surface area contributed by atoms with E-state index in [1.54, 1.807) is 6.08 Å². The number of methoxy groups -OCH3 is 1. The first-order valence-corrected chi connectivity index (χ1v) is 6.22. The fraction of sp³-hybridized carbons (Fsp3) is 0.143. The summed E-state index contributed by atoms with van der Waals surface area (Å²) in [6.45, 7) is 0. The third-order valence-electron chi connectivity index (χ3n) is 2.71. The molecule has 1 aromatic rings. The molecule has 0 atom stereocenters. The number of carbonyl (C=O) groups is 2. The maximum Gasteiger partial charge on any atom is 0.379 e. The third kappa shape index (κ3) is 2.29. The molecule has 0 saturated heterocycles. The van der Waals surface area contributed by atoms with Crippen LogP contribution < -0.4 is 0 Å². The zero-order valence-corrected chi connectivity index (χ0v) is 11.4. The summed E-state index contributed by atoms with van der Waals surface area (Å²) in [6, 6.07) is 7.45. The molecule has 92 valence electrons. The Kier molecular flexibility index (Phi) is 3.77. The Hall–Kier alpha value is -1.68. The molecule has 0 unspecified atom stereocenters. The van der Waals surface area contributed by atoms with Crippen molar-refractivity contribution >= 4 is 37.7 Å². The van der Waals surface area contributed by atoms with Crippen LogP contribution in [0.4, 0.5) is 0 Å². The summed E-state index contributed by atoms with van der Waals surface area (Å²) in [4.78, 5) is 23.3. The molecular formula is C14H11BrO3. The van der Waals surface area contributed by atoms with Gasteiger partial charge in [0.05, 0.1) is 7.11 Å². The maximum absolute atomic E-state index is 12.0. The van der Waals surface area contributed by atoms with Crippen LogP contribution in [0.25, 0.3) is 10.1 Å². The van der Waals surface area contributed by atoms with Crippen LogP contribution in [0, 0.1) is 0 Å². The Balaban J connectivity index is 2.52. The van der Waals surface area contributed by atoms with Crippen molar-refractivity contribution in [2.75, 3.05) is 7.11 Å². The van der Waals surface area contributed by atoms with Crippen molar-refractivity contribution in [3.63, 3.8) is 0 Å². The fourth-order valence-electron chi connectivity index (χ4n) is 1.84. The predicted molar refractivity (Wildman–Crippen MR) is 73.0 cm³/mol. The Labute approximate surface area is 113 Å². The van der Waals surface area contributed by atoms with E-state index in [0.717, 1.165) is 15.6 Å². The highest BCUT2D eigenvalue weighted by atomic mass is 79.9. The number of ether oxygens (including phenoxy) is 1. The third-order valence-corrected chi connectivity index (χ3v) is 3.46. The van der Waals surface area contributed by atoms with Gasteiger partial charge in [-0.25, -0.2) is 4.79 Å². The minimum absolute atomic E-state index is 0.392. The number of ketones is 1. The molecule has 1 aliphatic carbocycles. The lowest BCUT2D eigenvalue weighted by Gasteiger charge is -2.09. The molecule has 0 aromatic heterocycles. The highest BCUT2D eigenvalue weighted by Gasteiger charge is 2.24. The summed E-state index contributed by atoms with van der Waals surface area (Å²) in [6.07, 6.45) is 4.29. The van der Waals surface area contributed by atoms with E-state index in [-0.39, 0.29) is 0 Å². The van der Waals surface area contributed by atoms with Gasteiger partial charge in [-0.15, -0.1) is 0 Å². The maximum atomic E-state index is 12.0. The number of fused-ring (bicyclic) bond motifs is 1. The van der Waals surface area contributed by atoms with Gasteiger partial charge in [-0.2, -0.15) is 0 Å². The average Bonchev–Trinajstić information content (AvgIpc) is 2.57. The van der Waals surface area contributed by atoms with E-state index in [1.807, 2.05) is 30.3 Å². The summed E-state index contributed by atoms with van der Waals surface area (Å²) in [5, 5.41) is 0. The van der Waals surface area contributed by atoms with Gasteiger partial charge < -0.3 is 4.74 Å². The molecule has 18 heavy (non-hydrogen) atoms. The molecule has 3 nitrogen and oxygen atoms in total.